The Kier molecular flexibility index (Phi) is 5.33. The maximum Gasteiger partial charge on any atom is 0.303 e. The maximum atomic E-state index is 12.5. The molecule has 2 rings (SSSR count). The molecular weight excluding hydrogens is 270 g/mol. The lowest BCUT2D eigenvalue weighted by Gasteiger charge is -2.33. The van der Waals surface area contributed by atoms with Crippen LogP contribution in [0.1, 0.15) is 30.9 Å². The largest absolute Gasteiger partial charge is 0.481 e. The molecule has 1 amide bonds. The molecule has 5 heteroatoms. The Hall–Kier alpha value is -1.88. The summed E-state index contributed by atoms with van der Waals surface area (Å²) in [4.78, 5) is 25.0. The van der Waals surface area contributed by atoms with Gasteiger partial charge in [-0.3, -0.25) is 9.59 Å². The summed E-state index contributed by atoms with van der Waals surface area (Å²) in [6, 6.07) is 9.42. The van der Waals surface area contributed by atoms with E-state index < -0.39 is 12.1 Å². The van der Waals surface area contributed by atoms with Crippen molar-refractivity contribution < 1.29 is 19.4 Å². The molecule has 1 N–H and O–H groups in total. The predicted octanol–water partition coefficient (Wildman–Crippen LogP) is 2.09. The zero-order valence-corrected chi connectivity index (χ0v) is 12.2. The molecule has 1 aliphatic rings. The van der Waals surface area contributed by atoms with Crippen LogP contribution in [-0.2, 0) is 14.3 Å². The van der Waals surface area contributed by atoms with Gasteiger partial charge in [-0.2, -0.15) is 0 Å². The quantitative estimate of drug-likeness (QED) is 0.902. The van der Waals surface area contributed by atoms with E-state index >= 15 is 0 Å². The molecule has 21 heavy (non-hydrogen) atoms. The van der Waals surface area contributed by atoms with Crippen molar-refractivity contribution in [3.05, 3.63) is 35.9 Å². The van der Waals surface area contributed by atoms with Gasteiger partial charge >= 0.3 is 5.97 Å². The van der Waals surface area contributed by atoms with Crippen LogP contribution in [0.4, 0.5) is 0 Å². The number of hydrogen-bond acceptors (Lipinski definition) is 3. The van der Waals surface area contributed by atoms with Crippen LogP contribution in [0.25, 0.3) is 0 Å². The van der Waals surface area contributed by atoms with Gasteiger partial charge in [-0.1, -0.05) is 30.3 Å². The van der Waals surface area contributed by atoms with E-state index in [1.807, 2.05) is 30.3 Å². The molecule has 0 radical (unpaired) electrons. The van der Waals surface area contributed by atoms with Gasteiger partial charge in [0.1, 0.15) is 0 Å². The molecule has 114 valence electrons. The predicted molar refractivity (Wildman–Crippen MR) is 77.7 cm³/mol. The number of amides is 1. The highest BCUT2D eigenvalue weighted by Crippen LogP contribution is 2.25. The molecule has 1 aromatic carbocycles. The fourth-order valence-electron chi connectivity index (χ4n) is 2.78. The van der Waals surface area contributed by atoms with E-state index in [4.69, 9.17) is 9.84 Å². The van der Waals surface area contributed by atoms with Crippen molar-refractivity contribution in [1.29, 1.82) is 0 Å². The van der Waals surface area contributed by atoms with Gasteiger partial charge in [0, 0.05) is 26.6 Å². The monoisotopic (exact) mass is 291 g/mol. The Morgan fingerprint density at radius 3 is 2.43 bits per heavy atom. The number of carboxylic acid groups (broad SMARTS) is 1. The minimum Gasteiger partial charge on any atom is -0.481 e. The van der Waals surface area contributed by atoms with Crippen molar-refractivity contribution in [1.82, 2.24) is 4.90 Å². The van der Waals surface area contributed by atoms with Gasteiger partial charge in [0.05, 0.1) is 0 Å². The van der Waals surface area contributed by atoms with Crippen LogP contribution in [0.5, 0.6) is 0 Å². The summed E-state index contributed by atoms with van der Waals surface area (Å²) in [5.41, 5.74) is 0.845. The van der Waals surface area contributed by atoms with E-state index in [9.17, 15) is 9.59 Å². The van der Waals surface area contributed by atoms with Gasteiger partial charge in [-0.05, 0) is 24.3 Å². The standard InChI is InChI=1S/C16H21NO4/c1-21-15(13-5-3-2-4-6-13)16(20)17-9-7-12(8-10-17)11-14(18)19/h2-6,12,15H,7-11H2,1H3,(H,18,19)/t15-/m1/s1. The molecule has 0 saturated carbocycles. The van der Waals surface area contributed by atoms with Crippen LogP contribution >= 0.6 is 0 Å². The lowest BCUT2D eigenvalue weighted by atomic mass is 9.93. The minimum atomic E-state index is -0.765. The fraction of sp³-hybridized carbons (Fsp3) is 0.500. The van der Waals surface area contributed by atoms with Crippen molar-refractivity contribution >= 4 is 11.9 Å². The van der Waals surface area contributed by atoms with Crippen molar-refractivity contribution in [3.8, 4) is 0 Å². The van der Waals surface area contributed by atoms with E-state index in [0.29, 0.717) is 13.1 Å². The Morgan fingerprint density at radius 1 is 1.29 bits per heavy atom. The number of carbonyl (C=O) groups excluding carboxylic acids is 1. The van der Waals surface area contributed by atoms with Crippen LogP contribution in [0.15, 0.2) is 30.3 Å². The molecule has 1 saturated heterocycles. The third kappa shape index (κ3) is 4.04. The highest BCUT2D eigenvalue weighted by molar-refractivity contribution is 5.82. The number of benzene rings is 1. The lowest BCUT2D eigenvalue weighted by molar-refractivity contribution is -0.144. The number of likely N-dealkylation sites (tertiary alicyclic amines) is 1. The van der Waals surface area contributed by atoms with Crippen LogP contribution in [-0.4, -0.2) is 42.1 Å². The normalized spacial score (nSPS) is 17.5. The topological polar surface area (TPSA) is 66.8 Å². The smallest absolute Gasteiger partial charge is 0.303 e. The zero-order chi connectivity index (χ0) is 15.2. The first-order chi connectivity index (χ1) is 10.1. The van der Waals surface area contributed by atoms with E-state index in [1.165, 1.54) is 7.11 Å². The summed E-state index contributed by atoms with van der Waals surface area (Å²) < 4.78 is 5.36. The zero-order valence-electron chi connectivity index (χ0n) is 12.2. The van der Waals surface area contributed by atoms with E-state index in [2.05, 4.69) is 0 Å². The molecule has 1 aliphatic heterocycles. The van der Waals surface area contributed by atoms with Crippen molar-refractivity contribution in [3.63, 3.8) is 0 Å². The minimum absolute atomic E-state index is 0.0440. The Labute approximate surface area is 124 Å². The average molecular weight is 291 g/mol. The molecule has 0 aliphatic carbocycles. The maximum absolute atomic E-state index is 12.5. The lowest BCUT2D eigenvalue weighted by Crippen LogP contribution is -2.41. The second kappa shape index (κ2) is 7.22. The number of methoxy groups -OCH3 is 1. The molecule has 0 spiro atoms. The Balaban J connectivity index is 1.96. The van der Waals surface area contributed by atoms with Crippen LogP contribution in [0, 0.1) is 5.92 Å². The molecule has 1 atom stereocenters. The summed E-state index contributed by atoms with van der Waals surface area (Å²) >= 11 is 0. The summed E-state index contributed by atoms with van der Waals surface area (Å²) in [5.74, 6) is -0.638. The third-order valence-electron chi connectivity index (χ3n) is 3.95. The number of rotatable bonds is 5. The van der Waals surface area contributed by atoms with Crippen molar-refractivity contribution in [2.75, 3.05) is 20.2 Å². The third-order valence-corrected chi connectivity index (χ3v) is 3.95. The SMILES string of the molecule is CO[C@@H](C(=O)N1CCC(CC(=O)O)CC1)c1ccccc1. The molecule has 1 fully saturated rings. The van der Waals surface area contributed by atoms with Gasteiger partial charge < -0.3 is 14.7 Å². The first-order valence-electron chi connectivity index (χ1n) is 7.20. The highest BCUT2D eigenvalue weighted by atomic mass is 16.5. The summed E-state index contributed by atoms with van der Waals surface area (Å²) in [6.07, 6.45) is 1.09. The first kappa shape index (κ1) is 15.5. The number of carbonyl (C=O) groups is 2. The molecular formula is C16H21NO4. The summed E-state index contributed by atoms with van der Waals surface area (Å²) in [5, 5.41) is 8.82. The number of aliphatic carboxylic acids is 1. The van der Waals surface area contributed by atoms with Gasteiger partial charge in [0.2, 0.25) is 0 Å². The Morgan fingerprint density at radius 2 is 1.90 bits per heavy atom. The number of ether oxygens (including phenoxy) is 1. The van der Waals surface area contributed by atoms with Gasteiger partial charge in [0.25, 0.3) is 5.91 Å². The molecule has 1 heterocycles. The number of hydrogen-bond donors (Lipinski definition) is 1. The Bertz CT molecular complexity index is 480. The van der Waals surface area contributed by atoms with Crippen molar-refractivity contribution in [2.24, 2.45) is 5.92 Å². The van der Waals surface area contributed by atoms with E-state index in [1.54, 1.807) is 4.90 Å². The number of piperidine rings is 1. The first-order valence-corrected chi connectivity index (χ1v) is 7.20. The van der Waals surface area contributed by atoms with E-state index in [-0.39, 0.29) is 18.2 Å². The van der Waals surface area contributed by atoms with Crippen LogP contribution in [0.3, 0.4) is 0 Å². The van der Waals surface area contributed by atoms with Gasteiger partial charge in [-0.15, -0.1) is 0 Å². The second-order valence-electron chi connectivity index (χ2n) is 5.39. The highest BCUT2D eigenvalue weighted by Gasteiger charge is 2.29. The second-order valence-corrected chi connectivity index (χ2v) is 5.39. The summed E-state index contributed by atoms with van der Waals surface area (Å²) in [7, 11) is 1.53. The van der Waals surface area contributed by atoms with E-state index in [0.717, 1.165) is 18.4 Å². The number of nitrogens with zero attached hydrogens (tertiary/aromatic N) is 1. The molecule has 1 aromatic rings. The van der Waals surface area contributed by atoms with Crippen LogP contribution in [0.2, 0.25) is 0 Å². The van der Waals surface area contributed by atoms with Gasteiger partial charge in [-0.25, -0.2) is 0 Å². The summed E-state index contributed by atoms with van der Waals surface area (Å²) in [6.45, 7) is 1.20. The molecule has 0 unspecified atom stereocenters. The average Bonchev–Trinajstić information content (AvgIpc) is 2.49. The molecule has 0 bridgehead atoms. The van der Waals surface area contributed by atoms with Gasteiger partial charge in [0.15, 0.2) is 6.10 Å². The molecule has 0 aromatic heterocycles. The van der Waals surface area contributed by atoms with Crippen LogP contribution < -0.4 is 0 Å². The molecule has 5 nitrogen and oxygen atoms in total. The van der Waals surface area contributed by atoms with Crippen molar-refractivity contribution in [2.45, 2.75) is 25.4 Å². The number of carboxylic acids is 1. The fourth-order valence-corrected chi connectivity index (χ4v) is 2.78.